The van der Waals surface area contributed by atoms with Crippen molar-refractivity contribution in [2.45, 2.75) is 19.5 Å². The molecule has 1 unspecified atom stereocenters. The Morgan fingerprint density at radius 2 is 1.94 bits per heavy atom. The van der Waals surface area contributed by atoms with E-state index in [1.54, 1.807) is 17.4 Å². The molecule has 0 amide bonds. The summed E-state index contributed by atoms with van der Waals surface area (Å²) in [4.78, 5) is 0. The van der Waals surface area contributed by atoms with E-state index < -0.39 is 5.75 Å². The number of aromatic hydroxyl groups is 3. The van der Waals surface area contributed by atoms with Crippen molar-refractivity contribution in [3.8, 4) is 17.2 Å². The molecule has 96 valence electrons. The molecule has 0 aliphatic heterocycles. The molecule has 0 saturated heterocycles. The molecule has 0 bridgehead atoms. The van der Waals surface area contributed by atoms with Crippen LogP contribution in [-0.2, 0) is 6.54 Å². The van der Waals surface area contributed by atoms with Crippen molar-refractivity contribution in [3.05, 3.63) is 40.1 Å². The molecular formula is C13H15NO3S. The van der Waals surface area contributed by atoms with Crippen LogP contribution in [-0.4, -0.2) is 15.3 Å². The van der Waals surface area contributed by atoms with Crippen LogP contribution in [0.25, 0.3) is 0 Å². The quantitative estimate of drug-likeness (QED) is 0.641. The number of phenols is 3. The second-order valence-corrected chi connectivity index (χ2v) is 4.88. The lowest BCUT2D eigenvalue weighted by Crippen LogP contribution is -2.17. The first-order chi connectivity index (χ1) is 8.59. The third-order valence-electron chi connectivity index (χ3n) is 2.86. The largest absolute Gasteiger partial charge is 0.504 e. The minimum Gasteiger partial charge on any atom is -0.504 e. The van der Waals surface area contributed by atoms with Gasteiger partial charge in [-0.15, -0.1) is 0 Å². The van der Waals surface area contributed by atoms with Gasteiger partial charge in [0, 0.05) is 18.2 Å². The summed E-state index contributed by atoms with van der Waals surface area (Å²) < 4.78 is 0. The van der Waals surface area contributed by atoms with Gasteiger partial charge in [0.15, 0.2) is 11.5 Å². The summed E-state index contributed by atoms with van der Waals surface area (Å²) in [6, 6.07) is 5.14. The highest BCUT2D eigenvalue weighted by molar-refractivity contribution is 7.07. The van der Waals surface area contributed by atoms with Crippen LogP contribution in [0.2, 0.25) is 0 Å². The molecule has 5 heteroatoms. The lowest BCUT2D eigenvalue weighted by molar-refractivity contribution is 0.363. The molecule has 1 atom stereocenters. The maximum atomic E-state index is 9.67. The van der Waals surface area contributed by atoms with Gasteiger partial charge in [0.1, 0.15) is 0 Å². The Balaban J connectivity index is 2.05. The maximum Gasteiger partial charge on any atom is 0.200 e. The SMILES string of the molecule is CC(NCc1ccc(O)c(O)c1O)c1ccsc1. The van der Waals surface area contributed by atoms with Crippen LogP contribution >= 0.6 is 11.3 Å². The zero-order valence-electron chi connectivity index (χ0n) is 9.92. The lowest BCUT2D eigenvalue weighted by atomic mass is 10.1. The van der Waals surface area contributed by atoms with Crippen LogP contribution in [0.15, 0.2) is 29.0 Å². The van der Waals surface area contributed by atoms with Crippen LogP contribution in [0.1, 0.15) is 24.1 Å². The fourth-order valence-electron chi connectivity index (χ4n) is 1.66. The molecule has 1 aromatic carbocycles. The Hall–Kier alpha value is -1.72. The van der Waals surface area contributed by atoms with E-state index in [0.29, 0.717) is 12.1 Å². The van der Waals surface area contributed by atoms with Gasteiger partial charge in [-0.1, -0.05) is 6.07 Å². The molecule has 2 rings (SSSR count). The summed E-state index contributed by atoms with van der Waals surface area (Å²) >= 11 is 1.63. The molecule has 0 spiro atoms. The van der Waals surface area contributed by atoms with Gasteiger partial charge < -0.3 is 20.6 Å². The van der Waals surface area contributed by atoms with Crippen molar-refractivity contribution in [2.75, 3.05) is 0 Å². The van der Waals surface area contributed by atoms with Crippen molar-refractivity contribution < 1.29 is 15.3 Å². The van der Waals surface area contributed by atoms with Crippen LogP contribution in [0, 0.1) is 0 Å². The summed E-state index contributed by atoms with van der Waals surface area (Å²) in [5, 5.41) is 35.6. The van der Waals surface area contributed by atoms with E-state index in [9.17, 15) is 15.3 Å². The van der Waals surface area contributed by atoms with E-state index >= 15 is 0 Å². The van der Waals surface area contributed by atoms with E-state index in [0.717, 1.165) is 0 Å². The molecular weight excluding hydrogens is 250 g/mol. The van der Waals surface area contributed by atoms with Crippen molar-refractivity contribution in [3.63, 3.8) is 0 Å². The predicted octanol–water partition coefficient (Wildman–Crippen LogP) is 2.72. The van der Waals surface area contributed by atoms with E-state index in [1.165, 1.54) is 11.6 Å². The average molecular weight is 265 g/mol. The van der Waals surface area contributed by atoms with Gasteiger partial charge in [-0.2, -0.15) is 11.3 Å². The summed E-state index contributed by atoms with van der Waals surface area (Å²) in [6.07, 6.45) is 0. The molecule has 0 aliphatic rings. The van der Waals surface area contributed by atoms with Crippen molar-refractivity contribution >= 4 is 11.3 Å². The summed E-state index contributed by atoms with van der Waals surface area (Å²) in [5.41, 5.74) is 1.73. The van der Waals surface area contributed by atoms with Gasteiger partial charge in [-0.3, -0.25) is 0 Å². The smallest absolute Gasteiger partial charge is 0.200 e. The van der Waals surface area contributed by atoms with E-state index in [1.807, 2.05) is 18.4 Å². The van der Waals surface area contributed by atoms with Gasteiger partial charge in [0.05, 0.1) is 0 Å². The second kappa shape index (κ2) is 5.29. The fourth-order valence-corrected chi connectivity index (χ4v) is 2.41. The van der Waals surface area contributed by atoms with Crippen LogP contribution in [0.4, 0.5) is 0 Å². The van der Waals surface area contributed by atoms with Gasteiger partial charge in [-0.25, -0.2) is 0 Å². The molecule has 4 nitrogen and oxygen atoms in total. The van der Waals surface area contributed by atoms with Crippen LogP contribution in [0.5, 0.6) is 17.2 Å². The standard InChI is InChI=1S/C13H15NO3S/c1-8(10-4-5-18-7-10)14-6-9-2-3-11(15)13(17)12(9)16/h2-5,7-8,14-17H,6H2,1H3. The molecule has 18 heavy (non-hydrogen) atoms. The monoisotopic (exact) mass is 265 g/mol. The molecule has 0 fully saturated rings. The van der Waals surface area contributed by atoms with E-state index in [-0.39, 0.29) is 17.5 Å². The number of rotatable bonds is 4. The van der Waals surface area contributed by atoms with Gasteiger partial charge in [-0.05, 0) is 35.4 Å². The summed E-state index contributed by atoms with van der Waals surface area (Å²) in [6.45, 7) is 2.44. The lowest BCUT2D eigenvalue weighted by Gasteiger charge is -2.14. The first-order valence-corrected chi connectivity index (χ1v) is 6.52. The first kappa shape index (κ1) is 12.7. The summed E-state index contributed by atoms with van der Waals surface area (Å²) in [7, 11) is 0. The van der Waals surface area contributed by atoms with Crippen molar-refractivity contribution in [1.82, 2.24) is 5.32 Å². The molecule has 0 aliphatic carbocycles. The number of hydrogen-bond donors (Lipinski definition) is 4. The third-order valence-corrected chi connectivity index (χ3v) is 3.56. The zero-order chi connectivity index (χ0) is 13.1. The molecule has 1 aromatic heterocycles. The maximum absolute atomic E-state index is 9.67. The van der Waals surface area contributed by atoms with E-state index in [2.05, 4.69) is 10.7 Å². The molecule has 1 heterocycles. The minimum atomic E-state index is -0.475. The van der Waals surface area contributed by atoms with Crippen LogP contribution in [0.3, 0.4) is 0 Å². The topological polar surface area (TPSA) is 72.7 Å². The number of thiophene rings is 1. The number of benzene rings is 1. The average Bonchev–Trinajstić information content (AvgIpc) is 2.89. The highest BCUT2D eigenvalue weighted by Crippen LogP contribution is 2.37. The Morgan fingerprint density at radius 3 is 2.61 bits per heavy atom. The fraction of sp³-hybridized carbons (Fsp3) is 0.231. The predicted molar refractivity (Wildman–Crippen MR) is 71.0 cm³/mol. The van der Waals surface area contributed by atoms with Crippen molar-refractivity contribution in [1.29, 1.82) is 0 Å². The Kier molecular flexibility index (Phi) is 3.74. The Labute approximate surface area is 109 Å². The third kappa shape index (κ3) is 2.57. The molecule has 2 aromatic rings. The first-order valence-electron chi connectivity index (χ1n) is 5.58. The Bertz CT molecular complexity index is 525. The zero-order valence-corrected chi connectivity index (χ0v) is 10.7. The normalized spacial score (nSPS) is 12.5. The van der Waals surface area contributed by atoms with E-state index in [4.69, 9.17) is 0 Å². The number of phenolic OH excluding ortho intramolecular Hbond substituents is 3. The minimum absolute atomic E-state index is 0.159. The van der Waals surface area contributed by atoms with Gasteiger partial charge >= 0.3 is 0 Å². The molecule has 4 N–H and O–H groups in total. The van der Waals surface area contributed by atoms with Crippen LogP contribution < -0.4 is 5.32 Å². The highest BCUT2D eigenvalue weighted by atomic mass is 32.1. The number of hydrogen-bond acceptors (Lipinski definition) is 5. The van der Waals surface area contributed by atoms with Crippen molar-refractivity contribution in [2.24, 2.45) is 0 Å². The molecule has 0 radical (unpaired) electrons. The summed E-state index contributed by atoms with van der Waals surface area (Å²) in [5.74, 6) is -1.07. The number of nitrogens with one attached hydrogen (secondary N) is 1. The second-order valence-electron chi connectivity index (χ2n) is 4.10. The highest BCUT2D eigenvalue weighted by Gasteiger charge is 2.12. The Morgan fingerprint density at radius 1 is 1.17 bits per heavy atom. The van der Waals surface area contributed by atoms with Gasteiger partial charge in [0.2, 0.25) is 5.75 Å². The molecule has 0 saturated carbocycles. The van der Waals surface area contributed by atoms with Gasteiger partial charge in [0.25, 0.3) is 0 Å².